The van der Waals surface area contributed by atoms with Gasteiger partial charge in [0.05, 0.1) is 14.2 Å². The molecule has 5 nitrogen and oxygen atoms in total. The second-order valence-corrected chi connectivity index (χ2v) is 4.52. The van der Waals surface area contributed by atoms with Crippen LogP contribution in [0.3, 0.4) is 0 Å². The first kappa shape index (κ1) is 15.3. The Labute approximate surface area is 114 Å². The highest BCUT2D eigenvalue weighted by Crippen LogP contribution is 2.30. The first-order chi connectivity index (χ1) is 8.96. The van der Waals surface area contributed by atoms with Crippen molar-refractivity contribution in [2.45, 2.75) is 19.9 Å². The van der Waals surface area contributed by atoms with Crippen molar-refractivity contribution in [1.29, 1.82) is 0 Å². The molecule has 106 valence electrons. The average molecular weight is 266 g/mol. The number of carbonyl (C=O) groups excluding carboxylic acids is 1. The minimum atomic E-state index is -0.0728. The quantitative estimate of drug-likeness (QED) is 0.875. The largest absolute Gasteiger partial charge is 0.493 e. The van der Waals surface area contributed by atoms with E-state index in [1.165, 1.54) is 0 Å². The lowest BCUT2D eigenvalue weighted by atomic mass is 10.1. The number of carbonyl (C=O) groups is 1. The molecule has 0 fully saturated rings. The van der Waals surface area contributed by atoms with Gasteiger partial charge >= 0.3 is 0 Å². The summed E-state index contributed by atoms with van der Waals surface area (Å²) in [4.78, 5) is 14.0. The predicted molar refractivity (Wildman–Crippen MR) is 74.9 cm³/mol. The second-order valence-electron chi connectivity index (χ2n) is 4.52. The highest BCUT2D eigenvalue weighted by Gasteiger charge is 2.20. The number of benzene rings is 1. The van der Waals surface area contributed by atoms with Crippen LogP contribution in [0.2, 0.25) is 0 Å². The number of ether oxygens (including phenoxy) is 2. The van der Waals surface area contributed by atoms with Gasteiger partial charge in [-0.05, 0) is 31.5 Å². The average Bonchev–Trinajstić information content (AvgIpc) is 2.44. The van der Waals surface area contributed by atoms with Crippen LogP contribution in [0.4, 0.5) is 0 Å². The number of nitrogens with two attached hydrogens (primary N) is 1. The third kappa shape index (κ3) is 3.17. The highest BCUT2D eigenvalue weighted by molar-refractivity contribution is 5.96. The summed E-state index contributed by atoms with van der Waals surface area (Å²) in [6.07, 6.45) is 0. The Morgan fingerprint density at radius 2 is 1.84 bits per heavy atom. The summed E-state index contributed by atoms with van der Waals surface area (Å²) in [6, 6.07) is 3.49. The van der Waals surface area contributed by atoms with Gasteiger partial charge in [0.2, 0.25) is 0 Å². The standard InChI is InChI=1S/C14H22N2O3/c1-9-6-12(18-4)13(19-5)7-11(9)14(17)16(3)10(2)8-15/h6-7,10H,8,15H2,1-5H3. The molecule has 0 saturated carbocycles. The molecule has 1 amide bonds. The fraction of sp³-hybridized carbons (Fsp3) is 0.500. The van der Waals surface area contributed by atoms with Crippen molar-refractivity contribution in [3.8, 4) is 11.5 Å². The van der Waals surface area contributed by atoms with Crippen molar-refractivity contribution in [1.82, 2.24) is 4.90 Å². The molecule has 0 heterocycles. The molecular weight excluding hydrogens is 244 g/mol. The van der Waals surface area contributed by atoms with E-state index in [9.17, 15) is 4.79 Å². The van der Waals surface area contributed by atoms with Gasteiger partial charge in [0.1, 0.15) is 0 Å². The summed E-state index contributed by atoms with van der Waals surface area (Å²) >= 11 is 0. The number of nitrogens with zero attached hydrogens (tertiary/aromatic N) is 1. The molecule has 1 atom stereocenters. The summed E-state index contributed by atoms with van der Waals surface area (Å²) in [6.45, 7) is 4.21. The smallest absolute Gasteiger partial charge is 0.254 e. The first-order valence-electron chi connectivity index (χ1n) is 6.16. The zero-order valence-corrected chi connectivity index (χ0v) is 12.2. The lowest BCUT2D eigenvalue weighted by Crippen LogP contribution is -2.40. The monoisotopic (exact) mass is 266 g/mol. The number of likely N-dealkylation sites (N-methyl/N-ethyl adjacent to an activating group) is 1. The molecule has 0 spiro atoms. The van der Waals surface area contributed by atoms with Crippen LogP contribution in [0.5, 0.6) is 11.5 Å². The third-order valence-corrected chi connectivity index (χ3v) is 3.28. The fourth-order valence-corrected chi connectivity index (χ4v) is 1.76. The van der Waals surface area contributed by atoms with Crippen LogP contribution in [0.25, 0.3) is 0 Å². The van der Waals surface area contributed by atoms with E-state index in [-0.39, 0.29) is 11.9 Å². The van der Waals surface area contributed by atoms with Crippen molar-refractivity contribution >= 4 is 5.91 Å². The molecule has 1 aromatic carbocycles. The van der Waals surface area contributed by atoms with E-state index in [2.05, 4.69) is 0 Å². The molecule has 19 heavy (non-hydrogen) atoms. The minimum Gasteiger partial charge on any atom is -0.493 e. The molecular formula is C14H22N2O3. The van der Waals surface area contributed by atoms with Gasteiger partial charge in [-0.25, -0.2) is 0 Å². The Hall–Kier alpha value is -1.75. The van der Waals surface area contributed by atoms with Crippen LogP contribution in [0.1, 0.15) is 22.8 Å². The molecule has 2 N–H and O–H groups in total. The molecule has 0 bridgehead atoms. The van der Waals surface area contributed by atoms with Crippen molar-refractivity contribution in [3.63, 3.8) is 0 Å². The molecule has 0 aliphatic carbocycles. The van der Waals surface area contributed by atoms with Crippen molar-refractivity contribution in [3.05, 3.63) is 23.3 Å². The number of aryl methyl sites for hydroxylation is 1. The Balaban J connectivity index is 3.16. The Bertz CT molecular complexity index is 460. The summed E-state index contributed by atoms with van der Waals surface area (Å²) < 4.78 is 10.4. The maximum atomic E-state index is 12.4. The highest BCUT2D eigenvalue weighted by atomic mass is 16.5. The molecule has 0 aliphatic rings. The van der Waals surface area contributed by atoms with Crippen LogP contribution in [0.15, 0.2) is 12.1 Å². The predicted octanol–water partition coefficient (Wildman–Crippen LogP) is 1.43. The molecule has 1 rings (SSSR count). The van der Waals surface area contributed by atoms with Crippen LogP contribution < -0.4 is 15.2 Å². The third-order valence-electron chi connectivity index (χ3n) is 3.28. The zero-order chi connectivity index (χ0) is 14.6. The van der Waals surface area contributed by atoms with E-state index in [1.54, 1.807) is 38.3 Å². The Morgan fingerprint density at radius 3 is 2.32 bits per heavy atom. The normalized spacial score (nSPS) is 11.9. The summed E-state index contributed by atoms with van der Waals surface area (Å²) in [5.41, 5.74) is 7.03. The van der Waals surface area contributed by atoms with Crippen molar-refractivity contribution in [2.24, 2.45) is 5.73 Å². The van der Waals surface area contributed by atoms with E-state index in [0.29, 0.717) is 23.6 Å². The minimum absolute atomic E-state index is 0.0139. The number of hydrogen-bond donors (Lipinski definition) is 1. The SMILES string of the molecule is COc1cc(C)c(C(=O)N(C)C(C)CN)cc1OC. The van der Waals surface area contributed by atoms with E-state index >= 15 is 0 Å². The van der Waals surface area contributed by atoms with Crippen LogP contribution in [-0.4, -0.2) is 44.7 Å². The summed E-state index contributed by atoms with van der Waals surface area (Å²) in [5, 5.41) is 0. The van der Waals surface area contributed by atoms with Crippen LogP contribution in [0, 0.1) is 6.92 Å². The lowest BCUT2D eigenvalue weighted by Gasteiger charge is -2.24. The van der Waals surface area contributed by atoms with E-state index < -0.39 is 0 Å². The van der Waals surface area contributed by atoms with Gasteiger partial charge < -0.3 is 20.1 Å². The van der Waals surface area contributed by atoms with Gasteiger partial charge in [0, 0.05) is 25.2 Å². The van der Waals surface area contributed by atoms with Crippen molar-refractivity contribution in [2.75, 3.05) is 27.8 Å². The molecule has 0 saturated heterocycles. The number of amides is 1. The summed E-state index contributed by atoms with van der Waals surface area (Å²) in [5.74, 6) is 1.09. The molecule has 0 aromatic heterocycles. The second kappa shape index (κ2) is 6.43. The Morgan fingerprint density at radius 1 is 1.32 bits per heavy atom. The van der Waals surface area contributed by atoms with Gasteiger partial charge in [-0.15, -0.1) is 0 Å². The maximum absolute atomic E-state index is 12.4. The van der Waals surface area contributed by atoms with E-state index in [4.69, 9.17) is 15.2 Å². The van der Waals surface area contributed by atoms with Gasteiger partial charge in [-0.3, -0.25) is 4.79 Å². The van der Waals surface area contributed by atoms with Gasteiger partial charge in [0.15, 0.2) is 11.5 Å². The number of hydrogen-bond acceptors (Lipinski definition) is 4. The fourth-order valence-electron chi connectivity index (χ4n) is 1.76. The molecule has 5 heteroatoms. The molecule has 0 aliphatic heterocycles. The van der Waals surface area contributed by atoms with Crippen molar-refractivity contribution < 1.29 is 14.3 Å². The van der Waals surface area contributed by atoms with Gasteiger partial charge in [-0.2, -0.15) is 0 Å². The Kier molecular flexibility index (Phi) is 5.18. The van der Waals surface area contributed by atoms with Crippen LogP contribution >= 0.6 is 0 Å². The molecule has 1 aromatic rings. The van der Waals surface area contributed by atoms with E-state index in [0.717, 1.165) is 5.56 Å². The lowest BCUT2D eigenvalue weighted by molar-refractivity contribution is 0.0747. The van der Waals surface area contributed by atoms with E-state index in [1.807, 2.05) is 13.8 Å². The number of methoxy groups -OCH3 is 2. The topological polar surface area (TPSA) is 64.8 Å². The number of rotatable bonds is 5. The maximum Gasteiger partial charge on any atom is 0.254 e. The zero-order valence-electron chi connectivity index (χ0n) is 12.2. The molecule has 1 unspecified atom stereocenters. The first-order valence-corrected chi connectivity index (χ1v) is 6.16. The van der Waals surface area contributed by atoms with Crippen LogP contribution in [-0.2, 0) is 0 Å². The van der Waals surface area contributed by atoms with Gasteiger partial charge in [-0.1, -0.05) is 0 Å². The summed E-state index contributed by atoms with van der Waals surface area (Å²) in [7, 11) is 4.87. The van der Waals surface area contributed by atoms with Gasteiger partial charge in [0.25, 0.3) is 5.91 Å². The molecule has 0 radical (unpaired) electrons.